The molecule has 34 heavy (non-hydrogen) atoms. The summed E-state index contributed by atoms with van der Waals surface area (Å²) in [5, 5.41) is 19.1. The van der Waals surface area contributed by atoms with Crippen LogP contribution in [0.5, 0.6) is 0 Å². The number of amides is 3. The summed E-state index contributed by atoms with van der Waals surface area (Å²) in [6, 6.07) is 15.5. The predicted octanol–water partition coefficient (Wildman–Crippen LogP) is 4.04. The molecule has 3 amide bonds. The molecule has 0 aliphatic carbocycles. The molecule has 0 bridgehead atoms. The number of anilines is 3. The van der Waals surface area contributed by atoms with Gasteiger partial charge in [0.1, 0.15) is 0 Å². The van der Waals surface area contributed by atoms with Crippen molar-refractivity contribution in [2.75, 3.05) is 16.0 Å². The van der Waals surface area contributed by atoms with Gasteiger partial charge in [0.2, 0.25) is 0 Å². The van der Waals surface area contributed by atoms with Crippen LogP contribution in [0.4, 0.5) is 27.5 Å². The van der Waals surface area contributed by atoms with E-state index >= 15 is 0 Å². The zero-order valence-electron chi connectivity index (χ0n) is 17.8. The summed E-state index contributed by atoms with van der Waals surface area (Å²) < 4.78 is 0. The zero-order chi connectivity index (χ0) is 24.2. The van der Waals surface area contributed by atoms with Gasteiger partial charge in [0.15, 0.2) is 5.52 Å². The van der Waals surface area contributed by atoms with Crippen LogP contribution >= 0.6 is 0 Å². The Bertz CT molecular complexity index is 1480. The first-order valence-electron chi connectivity index (χ1n) is 10.0. The lowest BCUT2D eigenvalue weighted by molar-refractivity contribution is -0.383. The number of aromatic nitrogens is 2. The number of nitrogens with zero attached hydrogens (tertiary/aromatic N) is 2. The number of nitrogens with one attached hydrogen (secondary N) is 4. The number of H-pyrrole nitrogens is 1. The Morgan fingerprint density at radius 3 is 2.32 bits per heavy atom. The number of aromatic amines is 1. The van der Waals surface area contributed by atoms with Crippen LogP contribution in [0.1, 0.15) is 15.9 Å². The molecule has 3 aromatic carbocycles. The standard InChI is InChI=1S/C23H18N6O5/c1-13-5-7-14(8-6-13)27-23(32)28-16-4-2-3-15(11-16)26-21(30)17-9-10-18(29(33)34)20-19(17)22(31)25-12-24-20/h2-12H,1H3,(H,26,30)(H,24,25,31)(H2,27,28,32). The molecule has 4 aromatic rings. The van der Waals surface area contributed by atoms with Crippen LogP contribution in [-0.4, -0.2) is 26.8 Å². The fourth-order valence-electron chi connectivity index (χ4n) is 3.31. The third-order valence-electron chi connectivity index (χ3n) is 4.90. The van der Waals surface area contributed by atoms with Gasteiger partial charge in [-0.15, -0.1) is 0 Å². The van der Waals surface area contributed by atoms with Gasteiger partial charge in [-0.3, -0.25) is 19.7 Å². The number of rotatable bonds is 5. The van der Waals surface area contributed by atoms with Crippen molar-refractivity contribution in [2.45, 2.75) is 6.92 Å². The van der Waals surface area contributed by atoms with E-state index in [-0.39, 0.29) is 22.2 Å². The molecule has 0 fully saturated rings. The van der Waals surface area contributed by atoms with Gasteiger partial charge in [-0.1, -0.05) is 23.8 Å². The van der Waals surface area contributed by atoms with Crippen LogP contribution in [0.25, 0.3) is 10.9 Å². The third-order valence-corrected chi connectivity index (χ3v) is 4.90. The highest BCUT2D eigenvalue weighted by Crippen LogP contribution is 2.25. The topological polar surface area (TPSA) is 159 Å². The molecular formula is C23H18N6O5. The van der Waals surface area contributed by atoms with Gasteiger partial charge in [0.25, 0.3) is 17.2 Å². The molecule has 0 saturated heterocycles. The molecule has 11 heteroatoms. The van der Waals surface area contributed by atoms with Crippen LogP contribution in [0, 0.1) is 17.0 Å². The first-order chi connectivity index (χ1) is 16.3. The van der Waals surface area contributed by atoms with Crippen molar-refractivity contribution in [3.05, 3.63) is 98.6 Å². The lowest BCUT2D eigenvalue weighted by Gasteiger charge is -2.11. The van der Waals surface area contributed by atoms with Gasteiger partial charge in [-0.05, 0) is 43.3 Å². The summed E-state index contributed by atoms with van der Waals surface area (Å²) >= 11 is 0. The summed E-state index contributed by atoms with van der Waals surface area (Å²) in [4.78, 5) is 54.3. The Kier molecular flexibility index (Phi) is 5.99. The minimum atomic E-state index is -0.679. The molecule has 4 rings (SSSR count). The quantitative estimate of drug-likeness (QED) is 0.261. The molecule has 0 spiro atoms. The van der Waals surface area contributed by atoms with Crippen molar-refractivity contribution in [2.24, 2.45) is 0 Å². The van der Waals surface area contributed by atoms with Gasteiger partial charge in [0, 0.05) is 23.1 Å². The van der Waals surface area contributed by atoms with Crippen molar-refractivity contribution in [1.29, 1.82) is 0 Å². The zero-order valence-corrected chi connectivity index (χ0v) is 17.8. The number of aryl methyl sites for hydroxylation is 1. The molecule has 0 atom stereocenters. The van der Waals surface area contributed by atoms with Crippen LogP contribution in [0.15, 0.2) is 71.8 Å². The van der Waals surface area contributed by atoms with E-state index in [0.717, 1.165) is 18.0 Å². The van der Waals surface area contributed by atoms with Gasteiger partial charge in [-0.2, -0.15) is 0 Å². The van der Waals surface area contributed by atoms with E-state index in [2.05, 4.69) is 25.9 Å². The highest BCUT2D eigenvalue weighted by molar-refractivity contribution is 6.13. The fraction of sp³-hybridized carbons (Fsp3) is 0.0435. The summed E-state index contributed by atoms with van der Waals surface area (Å²) in [5.74, 6) is -0.667. The Hall–Kier alpha value is -5.06. The van der Waals surface area contributed by atoms with Crippen molar-refractivity contribution in [3.63, 3.8) is 0 Å². The number of nitro groups is 1. The summed E-state index contributed by atoms with van der Waals surface area (Å²) in [6.45, 7) is 1.94. The molecule has 0 aliphatic heterocycles. The SMILES string of the molecule is Cc1ccc(NC(=O)Nc2cccc(NC(=O)c3ccc([N+](=O)[O-])c4nc[nH]c(=O)c34)c2)cc1. The normalized spacial score (nSPS) is 10.5. The van der Waals surface area contributed by atoms with Crippen molar-refractivity contribution >= 4 is 45.6 Å². The average Bonchev–Trinajstić information content (AvgIpc) is 2.80. The molecule has 11 nitrogen and oxygen atoms in total. The number of nitro benzene ring substituents is 1. The molecule has 4 N–H and O–H groups in total. The number of carbonyl (C=O) groups is 2. The molecule has 0 saturated carbocycles. The van der Waals surface area contributed by atoms with Crippen molar-refractivity contribution < 1.29 is 14.5 Å². The van der Waals surface area contributed by atoms with Crippen LogP contribution in [0.3, 0.4) is 0 Å². The molecule has 1 aromatic heterocycles. The first kappa shape index (κ1) is 22.1. The minimum Gasteiger partial charge on any atom is -0.322 e. The van der Waals surface area contributed by atoms with Gasteiger partial charge in [0.05, 0.1) is 22.2 Å². The number of urea groups is 1. The molecule has 0 aliphatic rings. The van der Waals surface area contributed by atoms with Crippen LogP contribution in [0.2, 0.25) is 0 Å². The number of carbonyl (C=O) groups excluding carboxylic acids is 2. The van der Waals surface area contributed by atoms with Crippen LogP contribution < -0.4 is 21.5 Å². The van der Waals surface area contributed by atoms with Crippen LogP contribution in [-0.2, 0) is 0 Å². The van der Waals surface area contributed by atoms with E-state index in [4.69, 9.17) is 0 Å². The molecule has 170 valence electrons. The summed E-state index contributed by atoms with van der Waals surface area (Å²) in [7, 11) is 0. The molecule has 1 heterocycles. The van der Waals surface area contributed by atoms with E-state index in [1.807, 2.05) is 19.1 Å². The Balaban J connectivity index is 1.54. The van der Waals surface area contributed by atoms with Gasteiger partial charge in [-0.25, -0.2) is 9.78 Å². The van der Waals surface area contributed by atoms with Gasteiger partial charge >= 0.3 is 6.03 Å². The monoisotopic (exact) mass is 458 g/mol. The molecular weight excluding hydrogens is 440 g/mol. The minimum absolute atomic E-state index is 0.0783. The number of non-ortho nitro benzene ring substituents is 1. The average molecular weight is 458 g/mol. The number of hydrogen-bond acceptors (Lipinski definition) is 6. The maximum Gasteiger partial charge on any atom is 0.323 e. The smallest absolute Gasteiger partial charge is 0.322 e. The number of hydrogen-bond donors (Lipinski definition) is 4. The second kappa shape index (κ2) is 9.20. The molecule has 0 radical (unpaired) electrons. The highest BCUT2D eigenvalue weighted by atomic mass is 16.6. The van der Waals surface area contributed by atoms with E-state index in [1.54, 1.807) is 30.3 Å². The van der Waals surface area contributed by atoms with Crippen molar-refractivity contribution in [3.8, 4) is 0 Å². The fourth-order valence-corrected chi connectivity index (χ4v) is 3.31. The van der Waals surface area contributed by atoms with E-state index in [0.29, 0.717) is 17.1 Å². The van der Waals surface area contributed by atoms with E-state index in [9.17, 15) is 24.5 Å². The first-order valence-corrected chi connectivity index (χ1v) is 10.0. The van der Waals surface area contributed by atoms with Gasteiger partial charge < -0.3 is 20.9 Å². The van der Waals surface area contributed by atoms with E-state index < -0.39 is 22.4 Å². The Morgan fingerprint density at radius 1 is 0.941 bits per heavy atom. The number of benzene rings is 3. The lowest BCUT2D eigenvalue weighted by atomic mass is 10.1. The molecule has 0 unspecified atom stereocenters. The predicted molar refractivity (Wildman–Crippen MR) is 127 cm³/mol. The van der Waals surface area contributed by atoms with E-state index in [1.165, 1.54) is 12.1 Å². The largest absolute Gasteiger partial charge is 0.323 e. The highest BCUT2D eigenvalue weighted by Gasteiger charge is 2.21. The Labute approximate surface area is 192 Å². The summed E-state index contributed by atoms with van der Waals surface area (Å²) in [6.07, 6.45) is 1.04. The second-order valence-corrected chi connectivity index (χ2v) is 7.32. The number of fused-ring (bicyclic) bond motifs is 1. The maximum absolute atomic E-state index is 12.9. The van der Waals surface area contributed by atoms with Crippen molar-refractivity contribution in [1.82, 2.24) is 9.97 Å². The maximum atomic E-state index is 12.9. The second-order valence-electron chi connectivity index (χ2n) is 7.32. The third kappa shape index (κ3) is 4.72. The summed E-state index contributed by atoms with van der Waals surface area (Å²) in [5.41, 5.74) is 1.10. The Morgan fingerprint density at radius 2 is 1.62 bits per heavy atom. The lowest BCUT2D eigenvalue weighted by Crippen LogP contribution is -2.20.